The second kappa shape index (κ2) is 12.6. The predicted octanol–water partition coefficient (Wildman–Crippen LogP) is 6.89. The van der Waals surface area contributed by atoms with Crippen molar-refractivity contribution in [1.82, 2.24) is 10.2 Å². The van der Waals surface area contributed by atoms with Crippen molar-refractivity contribution in [3.05, 3.63) is 105 Å². The minimum absolute atomic E-state index is 0.129. The lowest BCUT2D eigenvalue weighted by atomic mass is 10.0. The average Bonchev–Trinajstić information content (AvgIpc) is 3.38. The number of benzene rings is 3. The molecule has 3 aromatic carbocycles. The van der Waals surface area contributed by atoms with Crippen LogP contribution in [-0.4, -0.2) is 28.8 Å². The summed E-state index contributed by atoms with van der Waals surface area (Å²) in [6.07, 6.45) is 4.71. The number of nitrogens with one attached hydrogen (secondary N) is 1. The summed E-state index contributed by atoms with van der Waals surface area (Å²) in [4.78, 5) is 29.1. The van der Waals surface area contributed by atoms with Crippen molar-refractivity contribution >= 4 is 46.6 Å². The summed E-state index contributed by atoms with van der Waals surface area (Å²) < 4.78 is 0. The fourth-order valence-corrected chi connectivity index (χ4v) is 5.08. The van der Waals surface area contributed by atoms with E-state index >= 15 is 0 Å². The molecule has 3 aromatic rings. The van der Waals surface area contributed by atoms with Gasteiger partial charge in [0.25, 0.3) is 0 Å². The minimum atomic E-state index is -0.678. The SMILES string of the molecule is O=C(NC1CCCC1)C(Cc1ccccc1)N(Cc1ccc(Cl)c(Cl)c1)C(=O)Cc1ccc(Cl)cc1. The fraction of sp³-hybridized carbons (Fsp3) is 0.310. The molecule has 1 atom stereocenters. The molecule has 4 nitrogen and oxygen atoms in total. The van der Waals surface area contributed by atoms with E-state index < -0.39 is 6.04 Å². The molecule has 0 saturated heterocycles. The first-order chi connectivity index (χ1) is 17.4. The summed E-state index contributed by atoms with van der Waals surface area (Å²) >= 11 is 18.4. The van der Waals surface area contributed by atoms with E-state index in [0.29, 0.717) is 21.5 Å². The molecule has 7 heteroatoms. The molecule has 1 fully saturated rings. The van der Waals surface area contributed by atoms with Crippen LogP contribution in [0.4, 0.5) is 0 Å². The molecule has 2 amide bonds. The zero-order valence-electron chi connectivity index (χ0n) is 19.9. The molecule has 1 unspecified atom stereocenters. The molecular weight excluding hydrogens is 515 g/mol. The van der Waals surface area contributed by atoms with E-state index in [1.807, 2.05) is 48.5 Å². The van der Waals surface area contributed by atoms with Gasteiger partial charge in [0.1, 0.15) is 6.04 Å². The van der Waals surface area contributed by atoms with Crippen molar-refractivity contribution in [3.63, 3.8) is 0 Å². The molecule has 0 bridgehead atoms. The zero-order valence-corrected chi connectivity index (χ0v) is 22.2. The topological polar surface area (TPSA) is 49.4 Å². The Bertz CT molecular complexity index is 1180. The Morgan fingerprint density at radius 3 is 2.17 bits per heavy atom. The number of carbonyl (C=O) groups is 2. The van der Waals surface area contributed by atoms with Crippen molar-refractivity contribution in [3.8, 4) is 0 Å². The van der Waals surface area contributed by atoms with E-state index in [9.17, 15) is 9.59 Å². The van der Waals surface area contributed by atoms with Gasteiger partial charge in [-0.15, -0.1) is 0 Å². The van der Waals surface area contributed by atoms with E-state index in [2.05, 4.69) is 5.32 Å². The number of nitrogens with zero attached hydrogens (tertiary/aromatic N) is 1. The lowest BCUT2D eigenvalue weighted by Crippen LogP contribution is -2.52. The van der Waals surface area contributed by atoms with Crippen LogP contribution in [0.2, 0.25) is 15.1 Å². The maximum Gasteiger partial charge on any atom is 0.243 e. The molecule has 36 heavy (non-hydrogen) atoms. The monoisotopic (exact) mass is 542 g/mol. The Labute approximate surface area is 227 Å². The smallest absolute Gasteiger partial charge is 0.243 e. The van der Waals surface area contributed by atoms with Crippen molar-refractivity contribution < 1.29 is 9.59 Å². The van der Waals surface area contributed by atoms with Gasteiger partial charge in [-0.3, -0.25) is 9.59 Å². The number of halogens is 3. The fourth-order valence-electron chi connectivity index (χ4n) is 4.63. The first kappa shape index (κ1) is 26.5. The van der Waals surface area contributed by atoms with Gasteiger partial charge in [-0.05, 0) is 53.8 Å². The third-order valence-corrected chi connectivity index (χ3v) is 7.57. The molecule has 0 aromatic heterocycles. The second-order valence-corrected chi connectivity index (χ2v) is 10.5. The van der Waals surface area contributed by atoms with E-state index in [-0.39, 0.29) is 30.8 Å². The molecular formula is C29H29Cl3N2O2. The van der Waals surface area contributed by atoms with Gasteiger partial charge >= 0.3 is 0 Å². The van der Waals surface area contributed by atoms with Crippen LogP contribution < -0.4 is 5.32 Å². The standard InChI is InChI=1S/C29H29Cl3N2O2/c30-23-13-10-21(11-14-23)18-28(35)34(19-22-12-15-25(31)26(32)16-22)27(17-20-6-2-1-3-7-20)29(36)33-24-8-4-5-9-24/h1-3,6-7,10-16,24,27H,4-5,8-9,17-19H2,(H,33,36). The normalized spacial score (nSPS) is 14.4. The number of hydrogen-bond acceptors (Lipinski definition) is 2. The number of amides is 2. The molecule has 1 saturated carbocycles. The van der Waals surface area contributed by atoms with Gasteiger partial charge in [0.05, 0.1) is 16.5 Å². The van der Waals surface area contributed by atoms with E-state index in [4.69, 9.17) is 34.8 Å². The molecule has 0 heterocycles. The van der Waals surface area contributed by atoms with Gasteiger partial charge in [-0.25, -0.2) is 0 Å². The third-order valence-electron chi connectivity index (χ3n) is 6.58. The van der Waals surface area contributed by atoms with Crippen molar-refractivity contribution in [2.45, 2.75) is 57.2 Å². The van der Waals surface area contributed by atoms with Gasteiger partial charge in [0.15, 0.2) is 0 Å². The molecule has 1 aliphatic rings. The van der Waals surface area contributed by atoms with Gasteiger partial charge < -0.3 is 10.2 Å². The predicted molar refractivity (Wildman–Crippen MR) is 147 cm³/mol. The Hall–Kier alpha value is -2.53. The van der Waals surface area contributed by atoms with E-state index in [0.717, 1.165) is 42.4 Å². The minimum Gasteiger partial charge on any atom is -0.352 e. The van der Waals surface area contributed by atoms with Crippen LogP contribution in [0.1, 0.15) is 42.4 Å². The highest BCUT2D eigenvalue weighted by molar-refractivity contribution is 6.42. The van der Waals surface area contributed by atoms with Crippen LogP contribution in [0.15, 0.2) is 72.8 Å². The second-order valence-electron chi connectivity index (χ2n) is 9.27. The lowest BCUT2D eigenvalue weighted by molar-refractivity contribution is -0.141. The molecule has 0 spiro atoms. The third kappa shape index (κ3) is 7.25. The van der Waals surface area contributed by atoms with Crippen LogP contribution in [0, 0.1) is 0 Å². The summed E-state index contributed by atoms with van der Waals surface area (Å²) in [6.45, 7) is 0.235. The maximum absolute atomic E-state index is 13.8. The van der Waals surface area contributed by atoms with Gasteiger partial charge in [0, 0.05) is 24.0 Å². The summed E-state index contributed by atoms with van der Waals surface area (Å²) in [5.41, 5.74) is 2.63. The first-order valence-electron chi connectivity index (χ1n) is 12.2. The zero-order chi connectivity index (χ0) is 25.5. The largest absolute Gasteiger partial charge is 0.352 e. The van der Waals surface area contributed by atoms with Crippen molar-refractivity contribution in [1.29, 1.82) is 0 Å². The summed E-state index contributed by atoms with van der Waals surface area (Å²) in [5.74, 6) is -0.277. The maximum atomic E-state index is 13.8. The molecule has 188 valence electrons. The van der Waals surface area contributed by atoms with Crippen LogP contribution in [0.25, 0.3) is 0 Å². The van der Waals surface area contributed by atoms with Crippen molar-refractivity contribution in [2.75, 3.05) is 0 Å². The highest BCUT2D eigenvalue weighted by Gasteiger charge is 2.32. The van der Waals surface area contributed by atoms with Gasteiger partial charge in [0.2, 0.25) is 11.8 Å². The first-order valence-corrected chi connectivity index (χ1v) is 13.3. The lowest BCUT2D eigenvalue weighted by Gasteiger charge is -2.32. The average molecular weight is 544 g/mol. The number of carbonyl (C=O) groups excluding carboxylic acids is 2. The molecule has 0 aliphatic heterocycles. The van der Waals surface area contributed by atoms with Gasteiger partial charge in [-0.1, -0.05) is 96.2 Å². The van der Waals surface area contributed by atoms with E-state index in [1.54, 1.807) is 29.2 Å². The molecule has 1 aliphatic carbocycles. The molecule has 4 rings (SSSR count). The van der Waals surface area contributed by atoms with Gasteiger partial charge in [-0.2, -0.15) is 0 Å². The number of hydrogen-bond donors (Lipinski definition) is 1. The van der Waals surface area contributed by atoms with Crippen molar-refractivity contribution in [2.24, 2.45) is 0 Å². The molecule has 0 radical (unpaired) electrons. The number of rotatable bonds is 9. The molecule has 1 N–H and O–H groups in total. The van der Waals surface area contributed by atoms with Crippen LogP contribution >= 0.6 is 34.8 Å². The Morgan fingerprint density at radius 1 is 0.833 bits per heavy atom. The van der Waals surface area contributed by atoms with Crippen LogP contribution in [-0.2, 0) is 29.0 Å². The quantitative estimate of drug-likeness (QED) is 0.319. The van der Waals surface area contributed by atoms with Crippen LogP contribution in [0.5, 0.6) is 0 Å². The summed E-state index contributed by atoms with van der Waals surface area (Å²) in [5, 5.41) is 4.68. The summed E-state index contributed by atoms with van der Waals surface area (Å²) in [7, 11) is 0. The Kier molecular flexibility index (Phi) is 9.30. The highest BCUT2D eigenvalue weighted by Crippen LogP contribution is 2.25. The Balaban J connectivity index is 1.66. The highest BCUT2D eigenvalue weighted by atomic mass is 35.5. The van der Waals surface area contributed by atoms with Crippen LogP contribution in [0.3, 0.4) is 0 Å². The van der Waals surface area contributed by atoms with E-state index in [1.165, 1.54) is 0 Å². The Morgan fingerprint density at radius 2 is 1.50 bits per heavy atom. The summed E-state index contributed by atoms with van der Waals surface area (Å²) in [6, 6.07) is 21.8.